The summed E-state index contributed by atoms with van der Waals surface area (Å²) in [4.78, 5) is 39.6. The summed E-state index contributed by atoms with van der Waals surface area (Å²) in [6.07, 6.45) is 4.98. The van der Waals surface area contributed by atoms with Crippen molar-refractivity contribution >= 4 is 23.5 Å². The van der Waals surface area contributed by atoms with Crippen LogP contribution in [0.5, 0.6) is 0 Å². The molecule has 26 heavy (non-hydrogen) atoms. The molecule has 4 N–H and O–H groups in total. The summed E-state index contributed by atoms with van der Waals surface area (Å²) in [7, 11) is 0. The van der Waals surface area contributed by atoms with Gasteiger partial charge in [-0.05, 0) is 49.8 Å². The zero-order valence-corrected chi connectivity index (χ0v) is 14.7. The number of rotatable bonds is 5. The molecule has 1 aromatic carbocycles. The summed E-state index contributed by atoms with van der Waals surface area (Å²) in [6, 6.07) is 6.66. The van der Waals surface area contributed by atoms with E-state index in [1.807, 2.05) is 24.3 Å². The van der Waals surface area contributed by atoms with Gasteiger partial charge in [0.05, 0.1) is 6.04 Å². The minimum absolute atomic E-state index is 0.141. The molecule has 0 aromatic heterocycles. The predicted molar refractivity (Wildman–Crippen MR) is 96.4 cm³/mol. The summed E-state index contributed by atoms with van der Waals surface area (Å²) in [5.41, 5.74) is 12.6. The van der Waals surface area contributed by atoms with E-state index in [1.54, 1.807) is 4.90 Å². The monoisotopic (exact) mass is 356 g/mol. The maximum atomic E-state index is 12.9. The second kappa shape index (κ2) is 6.00. The average Bonchev–Trinajstić information content (AvgIpc) is 3.32. The highest BCUT2D eigenvalue weighted by molar-refractivity contribution is 6.03. The van der Waals surface area contributed by atoms with Crippen molar-refractivity contribution in [3.05, 3.63) is 29.8 Å². The molecule has 1 aliphatic carbocycles. The van der Waals surface area contributed by atoms with Crippen LogP contribution >= 0.6 is 0 Å². The maximum Gasteiger partial charge on any atom is 0.325 e. The fourth-order valence-electron chi connectivity index (χ4n) is 4.57. The summed E-state index contributed by atoms with van der Waals surface area (Å²) >= 11 is 0. The van der Waals surface area contributed by atoms with E-state index in [9.17, 15) is 14.4 Å². The molecule has 0 bridgehead atoms. The van der Waals surface area contributed by atoms with E-state index in [1.165, 1.54) is 4.90 Å². The zero-order valence-electron chi connectivity index (χ0n) is 14.7. The highest BCUT2D eigenvalue weighted by Crippen LogP contribution is 2.51. The van der Waals surface area contributed by atoms with E-state index in [2.05, 4.69) is 0 Å². The van der Waals surface area contributed by atoms with Crippen molar-refractivity contribution in [2.45, 2.75) is 56.0 Å². The molecule has 1 unspecified atom stereocenters. The highest BCUT2D eigenvalue weighted by atomic mass is 16.2. The van der Waals surface area contributed by atoms with E-state index in [-0.39, 0.29) is 23.4 Å². The van der Waals surface area contributed by atoms with Crippen molar-refractivity contribution in [1.82, 2.24) is 4.90 Å². The summed E-state index contributed by atoms with van der Waals surface area (Å²) in [6.45, 7) is 0.670. The van der Waals surface area contributed by atoms with Crippen molar-refractivity contribution in [3.63, 3.8) is 0 Å². The van der Waals surface area contributed by atoms with Gasteiger partial charge >= 0.3 is 6.03 Å². The average molecular weight is 356 g/mol. The third-order valence-corrected chi connectivity index (χ3v) is 6.06. The second-order valence-electron chi connectivity index (χ2n) is 7.73. The minimum atomic E-state index is -0.630. The molecule has 4 amide bonds. The number of hydrogen-bond donors (Lipinski definition) is 2. The number of amides is 4. The second-order valence-corrected chi connectivity index (χ2v) is 7.73. The molecule has 2 aliphatic heterocycles. The van der Waals surface area contributed by atoms with E-state index < -0.39 is 11.9 Å². The molecule has 0 spiro atoms. The van der Waals surface area contributed by atoms with Gasteiger partial charge in [0.2, 0.25) is 11.8 Å². The molecule has 0 radical (unpaired) electrons. The molecule has 2 heterocycles. The first kappa shape index (κ1) is 16.9. The van der Waals surface area contributed by atoms with Crippen LogP contribution in [0.4, 0.5) is 10.5 Å². The lowest BCUT2D eigenvalue weighted by Crippen LogP contribution is -2.48. The summed E-state index contributed by atoms with van der Waals surface area (Å²) in [5, 5.41) is 0. The van der Waals surface area contributed by atoms with Crippen LogP contribution in [0.1, 0.15) is 44.1 Å². The number of fused-ring (bicyclic) bond motifs is 1. The van der Waals surface area contributed by atoms with E-state index in [0.717, 1.165) is 37.7 Å². The van der Waals surface area contributed by atoms with Gasteiger partial charge in [-0.15, -0.1) is 0 Å². The maximum absolute atomic E-state index is 12.9. The molecule has 7 nitrogen and oxygen atoms in total. The number of urea groups is 1. The van der Waals surface area contributed by atoms with Gasteiger partial charge in [-0.1, -0.05) is 12.1 Å². The van der Waals surface area contributed by atoms with Gasteiger partial charge in [0.1, 0.15) is 6.04 Å². The van der Waals surface area contributed by atoms with Crippen LogP contribution in [-0.2, 0) is 15.0 Å². The predicted octanol–water partition coefficient (Wildman–Crippen LogP) is 1.24. The van der Waals surface area contributed by atoms with Crippen molar-refractivity contribution in [1.29, 1.82) is 0 Å². The van der Waals surface area contributed by atoms with Crippen LogP contribution in [-0.4, -0.2) is 41.4 Å². The fourth-order valence-corrected chi connectivity index (χ4v) is 4.57. The number of piperidine rings is 1. The van der Waals surface area contributed by atoms with Gasteiger partial charge in [-0.2, -0.15) is 0 Å². The SMILES string of the molecule is NC(=O)CC1(c2ccc(N3C(=O)N4CCCC[C@@H]4C3C(N)=O)cc2)CC1. The Bertz CT molecular complexity index is 757. The van der Waals surface area contributed by atoms with E-state index in [0.29, 0.717) is 18.7 Å². The lowest BCUT2D eigenvalue weighted by Gasteiger charge is -2.29. The van der Waals surface area contributed by atoms with Crippen molar-refractivity contribution in [3.8, 4) is 0 Å². The third kappa shape index (κ3) is 2.62. The highest BCUT2D eigenvalue weighted by Gasteiger charge is 2.50. The Balaban J connectivity index is 1.63. The lowest BCUT2D eigenvalue weighted by molar-refractivity contribution is -0.120. The third-order valence-electron chi connectivity index (χ3n) is 6.06. The van der Waals surface area contributed by atoms with Gasteiger partial charge in [0.25, 0.3) is 0 Å². The van der Waals surface area contributed by atoms with Gasteiger partial charge in [-0.25, -0.2) is 4.79 Å². The van der Waals surface area contributed by atoms with Gasteiger partial charge in [0, 0.05) is 24.1 Å². The molecule has 4 rings (SSSR count). The molecular weight excluding hydrogens is 332 g/mol. The van der Waals surface area contributed by atoms with Gasteiger partial charge < -0.3 is 16.4 Å². The quantitative estimate of drug-likeness (QED) is 0.828. The Morgan fingerprint density at radius 2 is 1.81 bits per heavy atom. The minimum Gasteiger partial charge on any atom is -0.370 e. The van der Waals surface area contributed by atoms with Crippen LogP contribution < -0.4 is 16.4 Å². The number of benzene rings is 1. The van der Waals surface area contributed by atoms with Crippen LogP contribution in [0.2, 0.25) is 0 Å². The molecule has 138 valence electrons. The van der Waals surface area contributed by atoms with E-state index >= 15 is 0 Å². The summed E-state index contributed by atoms with van der Waals surface area (Å²) in [5.74, 6) is -0.767. The normalized spacial score (nSPS) is 26.5. The molecule has 3 fully saturated rings. The van der Waals surface area contributed by atoms with Crippen molar-refractivity contribution in [2.75, 3.05) is 11.4 Å². The van der Waals surface area contributed by atoms with Crippen LogP contribution in [0.25, 0.3) is 0 Å². The number of nitrogens with zero attached hydrogens (tertiary/aromatic N) is 2. The largest absolute Gasteiger partial charge is 0.370 e. The molecule has 7 heteroatoms. The number of primary amides is 2. The summed E-state index contributed by atoms with van der Waals surface area (Å²) < 4.78 is 0. The number of carbonyl (C=O) groups excluding carboxylic acids is 3. The molecular formula is C19H24N4O3. The van der Waals surface area contributed by atoms with Crippen LogP contribution in [0.15, 0.2) is 24.3 Å². The number of anilines is 1. The topological polar surface area (TPSA) is 110 Å². The lowest BCUT2D eigenvalue weighted by atomic mass is 9.91. The van der Waals surface area contributed by atoms with Crippen LogP contribution in [0.3, 0.4) is 0 Å². The molecule has 2 atom stereocenters. The van der Waals surface area contributed by atoms with Gasteiger partial charge in [0.15, 0.2) is 0 Å². The van der Waals surface area contributed by atoms with E-state index in [4.69, 9.17) is 11.5 Å². The molecule has 2 saturated heterocycles. The molecule has 1 saturated carbocycles. The Morgan fingerprint density at radius 1 is 1.12 bits per heavy atom. The number of nitrogens with two attached hydrogens (primary N) is 2. The number of hydrogen-bond acceptors (Lipinski definition) is 3. The fraction of sp³-hybridized carbons (Fsp3) is 0.526. The Morgan fingerprint density at radius 3 is 2.38 bits per heavy atom. The first-order chi connectivity index (χ1) is 12.4. The number of carbonyl (C=O) groups is 3. The Kier molecular flexibility index (Phi) is 3.89. The van der Waals surface area contributed by atoms with Crippen LogP contribution in [0, 0.1) is 0 Å². The van der Waals surface area contributed by atoms with Gasteiger partial charge in [-0.3, -0.25) is 14.5 Å². The molecule has 1 aromatic rings. The standard InChI is InChI=1S/C19H24N4O3/c20-15(24)11-19(8-9-19)12-4-6-13(7-5-12)23-16(17(21)25)14-3-1-2-10-22(14)18(23)26/h4-7,14,16H,1-3,8-11H2,(H2,20,24)(H2,21,25)/t14-,16?/m1/s1. The first-order valence-corrected chi connectivity index (χ1v) is 9.21. The van der Waals surface area contributed by atoms with Crippen molar-refractivity contribution in [2.24, 2.45) is 11.5 Å². The Hall–Kier alpha value is -2.57. The van der Waals surface area contributed by atoms with Crippen molar-refractivity contribution < 1.29 is 14.4 Å². The zero-order chi connectivity index (χ0) is 18.5. The smallest absolute Gasteiger partial charge is 0.325 e. The molecule has 3 aliphatic rings. The Labute approximate surface area is 152 Å². The first-order valence-electron chi connectivity index (χ1n) is 9.21.